The largest absolute Gasteiger partial charge is 0.466 e. The Kier molecular flexibility index (Phi) is 17.3. The van der Waals surface area contributed by atoms with Gasteiger partial charge in [-0.2, -0.15) is 0 Å². The molecule has 0 atom stereocenters. The molecule has 1 aliphatic heterocycles. The number of ether oxygens (including phenoxy) is 2. The third kappa shape index (κ3) is 16.6. The summed E-state index contributed by atoms with van der Waals surface area (Å²) < 4.78 is 10.8. The van der Waals surface area contributed by atoms with E-state index in [1.54, 1.807) is 4.90 Å². The molecule has 0 aliphatic carbocycles. The Balaban J connectivity index is 2.47. The lowest BCUT2D eigenvalue weighted by atomic mass is 10.1. The lowest BCUT2D eigenvalue weighted by Gasteiger charge is -2.36. The summed E-state index contributed by atoms with van der Waals surface area (Å²) in [7, 11) is 0. The van der Waals surface area contributed by atoms with E-state index in [9.17, 15) is 14.4 Å². The standard InChI is InChI=1S/C29H55N3O5/c1-6-8-10-11-12-13-14-18-30(19-16-17-27(34)36-24-15-9-7-2)25-26(33)31-20-22-32(23-21-31)28(35)37-29(3,4)5/h6-25H2,1-5H3. The van der Waals surface area contributed by atoms with Crippen molar-refractivity contribution >= 4 is 18.0 Å². The zero-order valence-electron chi connectivity index (χ0n) is 24.5. The minimum atomic E-state index is -0.525. The van der Waals surface area contributed by atoms with Crippen LogP contribution in [0, 0.1) is 0 Å². The number of piperazine rings is 1. The smallest absolute Gasteiger partial charge is 0.410 e. The summed E-state index contributed by atoms with van der Waals surface area (Å²) >= 11 is 0. The van der Waals surface area contributed by atoms with Gasteiger partial charge in [0.05, 0.1) is 13.2 Å². The highest BCUT2D eigenvalue weighted by molar-refractivity contribution is 5.78. The second-order valence-corrected chi connectivity index (χ2v) is 11.3. The number of hydrogen-bond acceptors (Lipinski definition) is 6. The Morgan fingerprint density at radius 3 is 1.89 bits per heavy atom. The Bertz CT molecular complexity index is 642. The van der Waals surface area contributed by atoms with E-state index in [1.165, 1.54) is 38.5 Å². The molecule has 0 saturated carbocycles. The number of rotatable bonds is 18. The van der Waals surface area contributed by atoms with Crippen LogP contribution in [0.4, 0.5) is 4.79 Å². The second-order valence-electron chi connectivity index (χ2n) is 11.3. The summed E-state index contributed by atoms with van der Waals surface area (Å²) in [4.78, 5) is 43.2. The number of unbranched alkanes of at least 4 members (excludes halogenated alkanes) is 8. The van der Waals surface area contributed by atoms with Gasteiger partial charge >= 0.3 is 12.1 Å². The van der Waals surface area contributed by atoms with Crippen LogP contribution in [0.25, 0.3) is 0 Å². The number of hydrogen-bond donors (Lipinski definition) is 0. The van der Waals surface area contributed by atoms with Crippen LogP contribution in [0.2, 0.25) is 0 Å². The van der Waals surface area contributed by atoms with Gasteiger partial charge in [0.15, 0.2) is 0 Å². The normalized spacial score (nSPS) is 14.2. The lowest BCUT2D eigenvalue weighted by Crippen LogP contribution is -2.53. The van der Waals surface area contributed by atoms with E-state index in [0.717, 1.165) is 32.2 Å². The highest BCUT2D eigenvalue weighted by Gasteiger charge is 2.28. The van der Waals surface area contributed by atoms with Crippen LogP contribution >= 0.6 is 0 Å². The molecule has 37 heavy (non-hydrogen) atoms. The van der Waals surface area contributed by atoms with Crippen LogP contribution in [0.5, 0.6) is 0 Å². The fraction of sp³-hybridized carbons (Fsp3) is 0.897. The maximum atomic E-state index is 13.1. The fourth-order valence-electron chi connectivity index (χ4n) is 4.38. The van der Waals surface area contributed by atoms with Crippen molar-refractivity contribution in [1.82, 2.24) is 14.7 Å². The summed E-state index contributed by atoms with van der Waals surface area (Å²) in [6.45, 7) is 14.4. The van der Waals surface area contributed by atoms with Gasteiger partial charge in [-0.05, 0) is 53.1 Å². The Morgan fingerprint density at radius 1 is 0.730 bits per heavy atom. The first kappa shape index (κ1) is 33.2. The monoisotopic (exact) mass is 525 g/mol. The number of nitrogens with zero attached hydrogens (tertiary/aromatic N) is 3. The Labute approximate surface area is 226 Å². The van der Waals surface area contributed by atoms with Gasteiger partial charge in [-0.25, -0.2) is 4.79 Å². The molecule has 1 rings (SSSR count). The Hall–Kier alpha value is -1.83. The molecule has 2 amide bonds. The third-order valence-electron chi connectivity index (χ3n) is 6.59. The highest BCUT2D eigenvalue weighted by Crippen LogP contribution is 2.13. The minimum Gasteiger partial charge on any atom is -0.466 e. The van der Waals surface area contributed by atoms with Gasteiger partial charge in [-0.3, -0.25) is 14.5 Å². The molecule has 0 unspecified atom stereocenters. The van der Waals surface area contributed by atoms with E-state index in [-0.39, 0.29) is 18.0 Å². The topological polar surface area (TPSA) is 79.4 Å². The second kappa shape index (κ2) is 19.3. The fourth-order valence-corrected chi connectivity index (χ4v) is 4.38. The van der Waals surface area contributed by atoms with Crippen molar-refractivity contribution in [3.63, 3.8) is 0 Å². The predicted octanol–water partition coefficient (Wildman–Crippen LogP) is 5.63. The SMILES string of the molecule is CCCCCCCCCN(CCCC(=O)OCCCCC)CC(=O)N1CCN(C(=O)OC(C)(C)C)CC1. The van der Waals surface area contributed by atoms with Crippen LogP contribution in [0.1, 0.15) is 112 Å². The summed E-state index contributed by atoms with van der Waals surface area (Å²) in [5.74, 6) is -0.0505. The average Bonchev–Trinajstić information content (AvgIpc) is 2.85. The Morgan fingerprint density at radius 2 is 1.27 bits per heavy atom. The van der Waals surface area contributed by atoms with E-state index in [2.05, 4.69) is 18.7 Å². The van der Waals surface area contributed by atoms with Crippen molar-refractivity contribution in [2.45, 2.75) is 117 Å². The summed E-state index contributed by atoms with van der Waals surface area (Å²) in [6.07, 6.45) is 12.5. The maximum absolute atomic E-state index is 13.1. The van der Waals surface area contributed by atoms with Crippen LogP contribution in [0.15, 0.2) is 0 Å². The summed E-state index contributed by atoms with van der Waals surface area (Å²) in [5, 5.41) is 0. The van der Waals surface area contributed by atoms with Crippen molar-refractivity contribution in [1.29, 1.82) is 0 Å². The molecule has 216 valence electrons. The molecular formula is C29H55N3O5. The van der Waals surface area contributed by atoms with Gasteiger partial charge in [-0.1, -0.05) is 65.2 Å². The van der Waals surface area contributed by atoms with Crippen LogP contribution in [-0.2, 0) is 19.1 Å². The van der Waals surface area contributed by atoms with Gasteiger partial charge in [0, 0.05) is 32.6 Å². The van der Waals surface area contributed by atoms with Gasteiger partial charge in [0.25, 0.3) is 0 Å². The third-order valence-corrected chi connectivity index (χ3v) is 6.59. The molecule has 0 aromatic heterocycles. The first-order valence-corrected chi connectivity index (χ1v) is 14.8. The molecule has 0 aromatic carbocycles. The van der Waals surface area contributed by atoms with Crippen molar-refractivity contribution in [2.75, 3.05) is 52.4 Å². The van der Waals surface area contributed by atoms with Gasteiger partial charge in [0.1, 0.15) is 5.60 Å². The molecule has 0 bridgehead atoms. The van der Waals surface area contributed by atoms with Crippen molar-refractivity contribution in [2.24, 2.45) is 0 Å². The number of carbonyl (C=O) groups excluding carboxylic acids is 3. The lowest BCUT2D eigenvalue weighted by molar-refractivity contribution is -0.143. The zero-order valence-corrected chi connectivity index (χ0v) is 24.5. The molecule has 8 nitrogen and oxygen atoms in total. The number of esters is 1. The minimum absolute atomic E-state index is 0.0916. The van der Waals surface area contributed by atoms with Crippen LogP contribution < -0.4 is 0 Å². The summed E-state index contributed by atoms with van der Waals surface area (Å²) in [6, 6.07) is 0. The molecule has 0 radical (unpaired) electrons. The van der Waals surface area contributed by atoms with E-state index in [0.29, 0.717) is 58.7 Å². The molecule has 0 N–H and O–H groups in total. The quantitative estimate of drug-likeness (QED) is 0.170. The van der Waals surface area contributed by atoms with Crippen molar-refractivity contribution in [3.8, 4) is 0 Å². The van der Waals surface area contributed by atoms with E-state index >= 15 is 0 Å². The van der Waals surface area contributed by atoms with Crippen molar-refractivity contribution in [3.05, 3.63) is 0 Å². The molecular weight excluding hydrogens is 470 g/mol. The van der Waals surface area contributed by atoms with Crippen LogP contribution in [-0.4, -0.2) is 90.7 Å². The highest BCUT2D eigenvalue weighted by atomic mass is 16.6. The first-order chi connectivity index (χ1) is 17.7. The maximum Gasteiger partial charge on any atom is 0.410 e. The zero-order chi connectivity index (χ0) is 27.5. The number of carbonyl (C=O) groups is 3. The average molecular weight is 526 g/mol. The van der Waals surface area contributed by atoms with E-state index in [4.69, 9.17) is 9.47 Å². The van der Waals surface area contributed by atoms with Crippen molar-refractivity contribution < 1.29 is 23.9 Å². The molecule has 1 fully saturated rings. The molecule has 1 aliphatic rings. The molecule has 1 saturated heterocycles. The van der Waals surface area contributed by atoms with Gasteiger partial charge < -0.3 is 19.3 Å². The van der Waals surface area contributed by atoms with Crippen LogP contribution in [0.3, 0.4) is 0 Å². The first-order valence-electron chi connectivity index (χ1n) is 14.8. The van der Waals surface area contributed by atoms with E-state index < -0.39 is 5.60 Å². The number of amides is 2. The molecule has 0 spiro atoms. The molecule has 0 aromatic rings. The predicted molar refractivity (Wildman–Crippen MR) is 149 cm³/mol. The van der Waals surface area contributed by atoms with E-state index in [1.807, 2.05) is 25.7 Å². The molecule has 1 heterocycles. The molecule has 8 heteroatoms. The van der Waals surface area contributed by atoms with Gasteiger partial charge in [-0.15, -0.1) is 0 Å². The summed E-state index contributed by atoms with van der Waals surface area (Å²) in [5.41, 5.74) is -0.525. The van der Waals surface area contributed by atoms with Gasteiger partial charge in [0.2, 0.25) is 5.91 Å².